The number of nitrogens with one attached hydrogen (secondary N) is 2. The van der Waals surface area contributed by atoms with E-state index in [4.69, 9.17) is 0 Å². The lowest BCUT2D eigenvalue weighted by atomic mass is 9.82. The molecular formula is C20H22F3N3O4. The van der Waals surface area contributed by atoms with Gasteiger partial charge in [0.1, 0.15) is 0 Å². The predicted molar refractivity (Wildman–Crippen MR) is 103 cm³/mol. The molecule has 1 saturated carbocycles. The van der Waals surface area contributed by atoms with Crippen LogP contribution in [0.25, 0.3) is 0 Å². The third-order valence-electron chi connectivity index (χ3n) is 5.34. The fourth-order valence-corrected chi connectivity index (χ4v) is 3.72. The van der Waals surface area contributed by atoms with Crippen LogP contribution in [0.1, 0.15) is 54.1 Å². The first kappa shape index (κ1) is 21.7. The van der Waals surface area contributed by atoms with E-state index in [1.165, 1.54) is 5.56 Å². The zero-order valence-corrected chi connectivity index (χ0v) is 16.0. The molecule has 0 aliphatic heterocycles. The molecule has 0 radical (unpaired) electrons. The van der Waals surface area contributed by atoms with Gasteiger partial charge in [-0.3, -0.25) is 19.1 Å². The van der Waals surface area contributed by atoms with Gasteiger partial charge in [-0.15, -0.1) is 0 Å². The van der Waals surface area contributed by atoms with Gasteiger partial charge in [-0.25, -0.2) is 4.79 Å². The molecule has 7 nitrogen and oxygen atoms in total. The lowest BCUT2D eigenvalue weighted by Gasteiger charge is -2.29. The minimum absolute atomic E-state index is 0.201. The summed E-state index contributed by atoms with van der Waals surface area (Å²) >= 11 is 0. The lowest BCUT2D eigenvalue weighted by molar-refractivity contribution is -0.137. The second kappa shape index (κ2) is 8.76. The van der Waals surface area contributed by atoms with Crippen LogP contribution in [-0.4, -0.2) is 32.8 Å². The van der Waals surface area contributed by atoms with Gasteiger partial charge in [-0.1, -0.05) is 30.3 Å². The second-order valence-corrected chi connectivity index (χ2v) is 7.41. The largest absolute Gasteiger partial charge is 0.501 e. The molecule has 0 unspecified atom stereocenters. The van der Waals surface area contributed by atoms with Crippen LogP contribution < -0.4 is 16.6 Å². The Bertz CT molecular complexity index is 1010. The van der Waals surface area contributed by atoms with Crippen molar-refractivity contribution < 1.29 is 23.1 Å². The Hall–Kier alpha value is -3.04. The zero-order chi connectivity index (χ0) is 21.9. The van der Waals surface area contributed by atoms with Crippen LogP contribution in [0.5, 0.6) is 5.75 Å². The number of nitrogens with zero attached hydrogens (tertiary/aromatic N) is 1. The van der Waals surface area contributed by atoms with Crippen LogP contribution >= 0.6 is 0 Å². The van der Waals surface area contributed by atoms with Crippen molar-refractivity contribution in [3.8, 4) is 5.75 Å². The lowest BCUT2D eigenvalue weighted by Crippen LogP contribution is -2.42. The molecule has 0 spiro atoms. The Morgan fingerprint density at radius 2 is 1.77 bits per heavy atom. The van der Waals surface area contributed by atoms with Crippen molar-refractivity contribution in [2.45, 2.75) is 56.8 Å². The molecule has 162 valence electrons. The topological polar surface area (TPSA) is 104 Å². The van der Waals surface area contributed by atoms with Crippen LogP contribution in [0.4, 0.5) is 13.2 Å². The van der Waals surface area contributed by atoms with Crippen molar-refractivity contribution in [3.63, 3.8) is 0 Å². The molecule has 10 heteroatoms. The van der Waals surface area contributed by atoms with E-state index in [1.807, 2.05) is 23.2 Å². The Kier molecular flexibility index (Phi) is 6.33. The number of hydrogen-bond donors (Lipinski definition) is 3. The van der Waals surface area contributed by atoms with Gasteiger partial charge in [0.15, 0.2) is 5.69 Å². The van der Waals surface area contributed by atoms with E-state index in [0.717, 1.165) is 12.8 Å². The maximum atomic E-state index is 12.4. The summed E-state index contributed by atoms with van der Waals surface area (Å²) in [4.78, 5) is 38.5. The van der Waals surface area contributed by atoms with Crippen LogP contribution in [0.15, 0.2) is 39.9 Å². The molecular weight excluding hydrogens is 403 g/mol. The Balaban J connectivity index is 1.66. The van der Waals surface area contributed by atoms with E-state index >= 15 is 0 Å². The third kappa shape index (κ3) is 5.11. The summed E-state index contributed by atoms with van der Waals surface area (Å²) in [6.07, 6.45) is -2.94. The molecule has 30 heavy (non-hydrogen) atoms. The zero-order valence-electron chi connectivity index (χ0n) is 16.0. The highest BCUT2D eigenvalue weighted by atomic mass is 19.4. The van der Waals surface area contributed by atoms with Crippen molar-refractivity contribution in [2.24, 2.45) is 0 Å². The van der Waals surface area contributed by atoms with E-state index in [1.54, 1.807) is 0 Å². The van der Waals surface area contributed by atoms with E-state index in [0.29, 0.717) is 18.8 Å². The second-order valence-electron chi connectivity index (χ2n) is 7.41. The van der Waals surface area contributed by atoms with E-state index < -0.39 is 47.7 Å². The summed E-state index contributed by atoms with van der Waals surface area (Å²) in [5.74, 6) is -1.54. The minimum atomic E-state index is -4.57. The van der Waals surface area contributed by atoms with E-state index in [9.17, 15) is 32.7 Å². The van der Waals surface area contributed by atoms with Crippen LogP contribution in [0.2, 0.25) is 0 Å². The van der Waals surface area contributed by atoms with E-state index in [-0.39, 0.29) is 10.6 Å². The molecule has 0 saturated heterocycles. The summed E-state index contributed by atoms with van der Waals surface area (Å²) in [5, 5.41) is 12.7. The molecule has 1 aromatic carbocycles. The van der Waals surface area contributed by atoms with Gasteiger partial charge >= 0.3 is 11.9 Å². The van der Waals surface area contributed by atoms with Gasteiger partial charge in [-0.2, -0.15) is 13.2 Å². The predicted octanol–water partition coefficient (Wildman–Crippen LogP) is 2.65. The van der Waals surface area contributed by atoms with Crippen molar-refractivity contribution in [1.29, 1.82) is 0 Å². The standard InChI is InChI=1S/C20H22F3N3O4/c21-20(22,23)10-11-26-18(29)16(27)15(25-19(26)30)17(28)24-14-8-6-13(7-9-14)12-4-2-1-3-5-12/h1-5,13-14,27H,6-11H2,(H,24,28)(H,25,30)/t13-,14+. The molecule has 0 atom stereocenters. The first-order valence-corrected chi connectivity index (χ1v) is 9.64. The highest BCUT2D eigenvalue weighted by Gasteiger charge is 2.29. The first-order valence-electron chi connectivity index (χ1n) is 9.64. The summed E-state index contributed by atoms with van der Waals surface area (Å²) in [7, 11) is 0. The van der Waals surface area contributed by atoms with E-state index in [2.05, 4.69) is 17.4 Å². The molecule has 1 heterocycles. The number of halogens is 3. The van der Waals surface area contributed by atoms with Crippen LogP contribution in [-0.2, 0) is 6.54 Å². The van der Waals surface area contributed by atoms with Crippen molar-refractivity contribution >= 4 is 5.91 Å². The van der Waals surface area contributed by atoms with Crippen molar-refractivity contribution in [3.05, 3.63) is 62.4 Å². The molecule has 2 aromatic rings. The maximum Gasteiger partial charge on any atom is 0.390 e. The Morgan fingerprint density at radius 1 is 1.13 bits per heavy atom. The van der Waals surface area contributed by atoms with Gasteiger partial charge in [0.2, 0.25) is 5.75 Å². The number of carbonyl (C=O) groups excluding carboxylic acids is 1. The average Bonchev–Trinajstić information content (AvgIpc) is 2.71. The molecule has 1 aromatic heterocycles. The average molecular weight is 425 g/mol. The normalized spacial score (nSPS) is 19.4. The SMILES string of the molecule is O=C(N[C@H]1CC[C@@H](c2ccccc2)CC1)c1[nH]c(=O)n(CCC(F)(F)F)c(=O)c1O. The molecule has 1 aliphatic rings. The highest BCUT2D eigenvalue weighted by molar-refractivity contribution is 5.94. The molecule has 3 N–H and O–H groups in total. The van der Waals surface area contributed by atoms with Gasteiger partial charge < -0.3 is 10.4 Å². The van der Waals surface area contributed by atoms with Crippen LogP contribution in [0, 0.1) is 0 Å². The van der Waals surface area contributed by atoms with Crippen molar-refractivity contribution in [1.82, 2.24) is 14.9 Å². The summed E-state index contributed by atoms with van der Waals surface area (Å²) in [6.45, 7) is -0.948. The fourth-order valence-electron chi connectivity index (χ4n) is 3.72. The molecule has 1 fully saturated rings. The quantitative estimate of drug-likeness (QED) is 0.685. The van der Waals surface area contributed by atoms with Crippen LogP contribution in [0.3, 0.4) is 0 Å². The Morgan fingerprint density at radius 3 is 2.37 bits per heavy atom. The van der Waals surface area contributed by atoms with Gasteiger partial charge in [0, 0.05) is 12.6 Å². The number of rotatable bonds is 5. The Labute approximate surface area is 169 Å². The highest BCUT2D eigenvalue weighted by Crippen LogP contribution is 2.32. The monoisotopic (exact) mass is 425 g/mol. The number of amides is 1. The maximum absolute atomic E-state index is 12.4. The molecule has 1 amide bonds. The summed E-state index contributed by atoms with van der Waals surface area (Å²) < 4.78 is 37.3. The van der Waals surface area contributed by atoms with Gasteiger partial charge in [0.05, 0.1) is 6.42 Å². The fraction of sp³-hybridized carbons (Fsp3) is 0.450. The molecule has 3 rings (SSSR count). The number of H-pyrrole nitrogens is 1. The number of aromatic amines is 1. The number of aromatic nitrogens is 2. The number of alkyl halides is 3. The van der Waals surface area contributed by atoms with Gasteiger partial charge in [-0.05, 0) is 37.2 Å². The number of carbonyl (C=O) groups is 1. The smallest absolute Gasteiger partial charge is 0.390 e. The molecule has 1 aliphatic carbocycles. The number of hydrogen-bond acceptors (Lipinski definition) is 4. The molecule has 0 bridgehead atoms. The van der Waals surface area contributed by atoms with Crippen molar-refractivity contribution in [2.75, 3.05) is 0 Å². The number of benzene rings is 1. The third-order valence-corrected chi connectivity index (χ3v) is 5.34. The van der Waals surface area contributed by atoms with Gasteiger partial charge in [0.25, 0.3) is 11.5 Å². The number of aromatic hydroxyl groups is 1. The summed E-state index contributed by atoms with van der Waals surface area (Å²) in [6, 6.07) is 9.80. The first-order chi connectivity index (χ1) is 14.2. The minimum Gasteiger partial charge on any atom is -0.501 e. The summed E-state index contributed by atoms with van der Waals surface area (Å²) in [5.41, 5.74) is -1.92.